The first kappa shape index (κ1) is 9.94. The van der Waals surface area contributed by atoms with E-state index in [0.717, 1.165) is 0 Å². The summed E-state index contributed by atoms with van der Waals surface area (Å²) in [4.78, 5) is 1.30. The van der Waals surface area contributed by atoms with Crippen LogP contribution in [0.1, 0.15) is 43.0 Å². The predicted molar refractivity (Wildman–Crippen MR) is 62.4 cm³/mol. The highest BCUT2D eigenvalue weighted by molar-refractivity contribution is 7.10. The topological polar surface area (TPSA) is 26.0 Å². The molecule has 0 fully saturated rings. The lowest BCUT2D eigenvalue weighted by Gasteiger charge is -2.13. The van der Waals surface area contributed by atoms with Gasteiger partial charge in [0.1, 0.15) is 0 Å². The molecule has 76 valence electrons. The lowest BCUT2D eigenvalue weighted by molar-refractivity contribution is 0.690. The van der Waals surface area contributed by atoms with Crippen molar-refractivity contribution in [2.24, 2.45) is 5.73 Å². The molecule has 0 radical (unpaired) electrons. The normalized spacial score (nSPS) is 19.9. The summed E-state index contributed by atoms with van der Waals surface area (Å²) in [5, 5.41) is 2.10. The molecule has 1 atom stereocenters. The van der Waals surface area contributed by atoms with Gasteiger partial charge in [0.25, 0.3) is 0 Å². The zero-order chi connectivity index (χ0) is 9.80. The number of allylic oxidation sites excluding steroid dienone is 1. The molecule has 0 saturated carbocycles. The van der Waals surface area contributed by atoms with Gasteiger partial charge >= 0.3 is 0 Å². The number of hydrogen-bond acceptors (Lipinski definition) is 2. The number of rotatable bonds is 2. The van der Waals surface area contributed by atoms with Crippen molar-refractivity contribution in [2.75, 3.05) is 0 Å². The SMILES string of the molecule is NC(C1=CCCCCC1)c1cccs1. The van der Waals surface area contributed by atoms with Gasteiger partial charge in [-0.3, -0.25) is 0 Å². The van der Waals surface area contributed by atoms with Gasteiger partial charge in [0, 0.05) is 4.88 Å². The minimum Gasteiger partial charge on any atom is -0.320 e. The Hall–Kier alpha value is -0.600. The summed E-state index contributed by atoms with van der Waals surface area (Å²) in [6.07, 6.45) is 8.77. The third kappa shape index (κ3) is 2.25. The monoisotopic (exact) mass is 207 g/mol. The van der Waals surface area contributed by atoms with Gasteiger partial charge in [0.15, 0.2) is 0 Å². The van der Waals surface area contributed by atoms with Gasteiger partial charge < -0.3 is 5.73 Å². The summed E-state index contributed by atoms with van der Waals surface area (Å²) < 4.78 is 0. The molecule has 14 heavy (non-hydrogen) atoms. The minimum atomic E-state index is 0.160. The van der Waals surface area contributed by atoms with E-state index in [-0.39, 0.29) is 6.04 Å². The second-order valence-corrected chi connectivity index (χ2v) is 4.85. The Morgan fingerprint density at radius 2 is 2.21 bits per heavy atom. The van der Waals surface area contributed by atoms with Crippen molar-refractivity contribution in [3.05, 3.63) is 34.0 Å². The molecule has 2 heteroatoms. The van der Waals surface area contributed by atoms with Gasteiger partial charge in [0.2, 0.25) is 0 Å². The maximum atomic E-state index is 6.23. The van der Waals surface area contributed by atoms with E-state index < -0.39 is 0 Å². The van der Waals surface area contributed by atoms with Crippen LogP contribution in [0, 0.1) is 0 Å². The Morgan fingerprint density at radius 3 is 3.00 bits per heavy atom. The van der Waals surface area contributed by atoms with Gasteiger partial charge in [-0.1, -0.05) is 24.1 Å². The smallest absolute Gasteiger partial charge is 0.0605 e. The molecular formula is C12H17NS. The molecule has 1 nitrogen and oxygen atoms in total. The standard InChI is InChI=1S/C12H17NS/c13-12(11-8-5-9-14-11)10-6-3-1-2-4-7-10/h5-6,8-9,12H,1-4,7,13H2. The van der Waals surface area contributed by atoms with Crippen LogP contribution in [0.25, 0.3) is 0 Å². The average molecular weight is 207 g/mol. The summed E-state index contributed by atoms with van der Waals surface area (Å²) in [7, 11) is 0. The fourth-order valence-electron chi connectivity index (χ4n) is 1.97. The first-order valence-corrected chi connectivity index (χ1v) is 6.24. The van der Waals surface area contributed by atoms with Gasteiger partial charge in [-0.2, -0.15) is 0 Å². The minimum absolute atomic E-state index is 0.160. The molecule has 0 aromatic carbocycles. The maximum Gasteiger partial charge on any atom is 0.0605 e. The van der Waals surface area contributed by atoms with Gasteiger partial charge in [-0.15, -0.1) is 11.3 Å². The molecule has 1 aromatic rings. The van der Waals surface area contributed by atoms with Crippen molar-refractivity contribution in [1.82, 2.24) is 0 Å². The van der Waals surface area contributed by atoms with Gasteiger partial charge in [-0.25, -0.2) is 0 Å². The molecule has 2 N–H and O–H groups in total. The van der Waals surface area contributed by atoms with Crippen LogP contribution in [0.5, 0.6) is 0 Å². The Kier molecular flexibility index (Phi) is 3.38. The zero-order valence-corrected chi connectivity index (χ0v) is 9.22. The van der Waals surface area contributed by atoms with Crippen LogP contribution in [0.4, 0.5) is 0 Å². The van der Waals surface area contributed by atoms with E-state index in [2.05, 4.69) is 23.6 Å². The van der Waals surface area contributed by atoms with E-state index in [9.17, 15) is 0 Å². The largest absolute Gasteiger partial charge is 0.320 e. The van der Waals surface area contributed by atoms with Crippen LogP contribution in [0.15, 0.2) is 29.2 Å². The third-order valence-corrected chi connectivity index (χ3v) is 3.78. The van der Waals surface area contributed by atoms with Crippen LogP contribution < -0.4 is 5.73 Å². The highest BCUT2D eigenvalue weighted by Crippen LogP contribution is 2.29. The van der Waals surface area contributed by atoms with Crippen molar-refractivity contribution in [1.29, 1.82) is 0 Å². The van der Waals surface area contributed by atoms with Crippen LogP contribution >= 0.6 is 11.3 Å². The van der Waals surface area contributed by atoms with Crippen LogP contribution in [0.3, 0.4) is 0 Å². The summed E-state index contributed by atoms with van der Waals surface area (Å²) in [5.41, 5.74) is 7.67. The molecule has 2 rings (SSSR count). The summed E-state index contributed by atoms with van der Waals surface area (Å²) in [5.74, 6) is 0. The Labute approximate surface area is 89.6 Å². The first-order chi connectivity index (χ1) is 6.88. The Balaban J connectivity index is 2.10. The quantitative estimate of drug-likeness (QED) is 0.736. The van der Waals surface area contributed by atoms with Gasteiger partial charge in [0.05, 0.1) is 6.04 Å². The molecule has 1 heterocycles. The molecule has 1 aliphatic rings. The molecule has 0 bridgehead atoms. The van der Waals surface area contributed by atoms with Crippen LogP contribution in [-0.2, 0) is 0 Å². The summed E-state index contributed by atoms with van der Waals surface area (Å²) >= 11 is 1.77. The zero-order valence-electron chi connectivity index (χ0n) is 8.41. The lowest BCUT2D eigenvalue weighted by atomic mass is 10.0. The van der Waals surface area contributed by atoms with E-state index in [0.29, 0.717) is 0 Å². The van der Waals surface area contributed by atoms with E-state index in [4.69, 9.17) is 5.73 Å². The summed E-state index contributed by atoms with van der Waals surface area (Å²) in [6, 6.07) is 4.38. The molecule has 0 aliphatic heterocycles. The number of thiophene rings is 1. The second kappa shape index (κ2) is 4.76. The molecule has 1 aliphatic carbocycles. The van der Waals surface area contributed by atoms with Crippen molar-refractivity contribution >= 4 is 11.3 Å². The third-order valence-electron chi connectivity index (χ3n) is 2.83. The Bertz CT molecular complexity index is 300. The van der Waals surface area contributed by atoms with E-state index >= 15 is 0 Å². The maximum absolute atomic E-state index is 6.23. The molecule has 1 aromatic heterocycles. The molecule has 0 spiro atoms. The average Bonchev–Trinajstić information content (AvgIpc) is 2.59. The molecular weight excluding hydrogens is 190 g/mol. The van der Waals surface area contributed by atoms with E-state index in [1.54, 1.807) is 11.3 Å². The molecule has 0 amide bonds. The van der Waals surface area contributed by atoms with Crippen LogP contribution in [-0.4, -0.2) is 0 Å². The van der Waals surface area contributed by atoms with Crippen molar-refractivity contribution < 1.29 is 0 Å². The fraction of sp³-hybridized carbons (Fsp3) is 0.500. The highest BCUT2D eigenvalue weighted by atomic mass is 32.1. The first-order valence-electron chi connectivity index (χ1n) is 5.36. The van der Waals surface area contributed by atoms with Crippen LogP contribution in [0.2, 0.25) is 0 Å². The van der Waals surface area contributed by atoms with E-state index in [1.807, 2.05) is 0 Å². The van der Waals surface area contributed by atoms with Gasteiger partial charge in [-0.05, 0) is 37.1 Å². The highest BCUT2D eigenvalue weighted by Gasteiger charge is 2.13. The second-order valence-electron chi connectivity index (χ2n) is 3.87. The van der Waals surface area contributed by atoms with Crippen molar-refractivity contribution in [3.63, 3.8) is 0 Å². The predicted octanol–water partition coefficient (Wildman–Crippen LogP) is 3.64. The van der Waals surface area contributed by atoms with E-state index in [1.165, 1.54) is 42.6 Å². The lowest BCUT2D eigenvalue weighted by Crippen LogP contribution is -2.11. The fourth-order valence-corrected chi connectivity index (χ4v) is 2.74. The summed E-state index contributed by atoms with van der Waals surface area (Å²) in [6.45, 7) is 0. The Morgan fingerprint density at radius 1 is 1.29 bits per heavy atom. The number of hydrogen-bond donors (Lipinski definition) is 1. The van der Waals surface area contributed by atoms with Crippen molar-refractivity contribution in [2.45, 2.75) is 38.1 Å². The molecule has 1 unspecified atom stereocenters. The number of nitrogens with two attached hydrogens (primary N) is 1. The van der Waals surface area contributed by atoms with Crippen molar-refractivity contribution in [3.8, 4) is 0 Å². The molecule has 0 saturated heterocycles.